The zero-order chi connectivity index (χ0) is 13.9. The van der Waals surface area contributed by atoms with Gasteiger partial charge >= 0.3 is 0 Å². The van der Waals surface area contributed by atoms with Crippen molar-refractivity contribution < 1.29 is 0 Å². The Morgan fingerprint density at radius 1 is 1.47 bits per heavy atom. The van der Waals surface area contributed by atoms with E-state index in [9.17, 15) is 5.26 Å². The number of nitriles is 1. The van der Waals surface area contributed by atoms with Gasteiger partial charge in [-0.25, -0.2) is 9.67 Å². The van der Waals surface area contributed by atoms with E-state index < -0.39 is 0 Å². The van der Waals surface area contributed by atoms with Crippen LogP contribution in [0.4, 0.5) is 0 Å². The molecule has 1 aromatic heterocycles. The summed E-state index contributed by atoms with van der Waals surface area (Å²) in [7, 11) is 0. The number of hydrogen-bond acceptors (Lipinski definition) is 3. The first-order valence-corrected chi connectivity index (χ1v) is 7.40. The van der Waals surface area contributed by atoms with E-state index in [1.54, 1.807) is 6.33 Å². The molecular formula is C15H24N4. The molecule has 0 spiro atoms. The van der Waals surface area contributed by atoms with Gasteiger partial charge in [-0.1, -0.05) is 13.3 Å². The lowest BCUT2D eigenvalue weighted by Gasteiger charge is -2.34. The van der Waals surface area contributed by atoms with Gasteiger partial charge in [0.2, 0.25) is 0 Å². The second kappa shape index (κ2) is 5.73. The van der Waals surface area contributed by atoms with E-state index in [2.05, 4.69) is 36.9 Å². The van der Waals surface area contributed by atoms with E-state index in [-0.39, 0.29) is 5.41 Å². The van der Waals surface area contributed by atoms with E-state index in [0.717, 1.165) is 31.0 Å². The summed E-state index contributed by atoms with van der Waals surface area (Å²) in [6.07, 6.45) is 7.97. The minimum atomic E-state index is -0.217. The fourth-order valence-electron chi connectivity index (χ4n) is 3.10. The molecule has 2 rings (SSSR count). The maximum atomic E-state index is 9.62. The molecule has 4 nitrogen and oxygen atoms in total. The lowest BCUT2D eigenvalue weighted by Crippen LogP contribution is -2.29. The molecule has 0 bridgehead atoms. The van der Waals surface area contributed by atoms with Crippen molar-refractivity contribution in [1.82, 2.24) is 14.8 Å². The molecule has 0 radical (unpaired) electrons. The Morgan fingerprint density at radius 3 is 2.68 bits per heavy atom. The first kappa shape index (κ1) is 14.0. The molecule has 0 aliphatic heterocycles. The fraction of sp³-hybridized carbons (Fsp3) is 0.800. The summed E-state index contributed by atoms with van der Waals surface area (Å²) in [5.41, 5.74) is -0.217. The molecule has 0 saturated heterocycles. The summed E-state index contributed by atoms with van der Waals surface area (Å²) in [6, 6.07) is 2.89. The third-order valence-electron chi connectivity index (χ3n) is 4.51. The molecule has 1 aliphatic rings. The Labute approximate surface area is 115 Å². The molecular weight excluding hydrogens is 236 g/mol. The van der Waals surface area contributed by atoms with Crippen molar-refractivity contribution in [3.8, 4) is 6.07 Å². The predicted molar refractivity (Wildman–Crippen MR) is 74.4 cm³/mol. The van der Waals surface area contributed by atoms with Crippen molar-refractivity contribution in [2.75, 3.05) is 0 Å². The van der Waals surface area contributed by atoms with Gasteiger partial charge in [-0.05, 0) is 45.4 Å². The second-order valence-corrected chi connectivity index (χ2v) is 6.14. The van der Waals surface area contributed by atoms with Gasteiger partial charge in [0.15, 0.2) is 0 Å². The minimum Gasteiger partial charge on any atom is -0.248 e. The van der Waals surface area contributed by atoms with E-state index >= 15 is 0 Å². The first-order valence-electron chi connectivity index (χ1n) is 7.40. The Balaban J connectivity index is 2.12. The van der Waals surface area contributed by atoms with Crippen LogP contribution in [-0.2, 0) is 6.42 Å². The van der Waals surface area contributed by atoms with E-state index in [1.165, 1.54) is 19.3 Å². The fourth-order valence-corrected chi connectivity index (χ4v) is 3.10. The zero-order valence-electron chi connectivity index (χ0n) is 12.3. The number of aromatic nitrogens is 3. The van der Waals surface area contributed by atoms with Crippen LogP contribution in [0.25, 0.3) is 0 Å². The summed E-state index contributed by atoms with van der Waals surface area (Å²) in [6.45, 7) is 6.45. The molecule has 1 aromatic rings. The van der Waals surface area contributed by atoms with Crippen LogP contribution < -0.4 is 0 Å². The molecule has 0 aromatic carbocycles. The van der Waals surface area contributed by atoms with Crippen molar-refractivity contribution >= 4 is 0 Å². The van der Waals surface area contributed by atoms with Crippen LogP contribution in [0, 0.1) is 22.7 Å². The van der Waals surface area contributed by atoms with Crippen LogP contribution in [0.5, 0.6) is 0 Å². The minimum absolute atomic E-state index is 0.217. The normalized spacial score (nSPS) is 27.4. The summed E-state index contributed by atoms with van der Waals surface area (Å²) in [5.74, 6) is 1.77. The summed E-state index contributed by atoms with van der Waals surface area (Å²) < 4.78 is 1.95. The van der Waals surface area contributed by atoms with Crippen molar-refractivity contribution in [1.29, 1.82) is 5.26 Å². The molecule has 1 heterocycles. The summed E-state index contributed by atoms with van der Waals surface area (Å²) in [4.78, 5) is 4.36. The van der Waals surface area contributed by atoms with E-state index in [0.29, 0.717) is 6.04 Å². The van der Waals surface area contributed by atoms with Gasteiger partial charge < -0.3 is 0 Å². The van der Waals surface area contributed by atoms with Gasteiger partial charge in [0.05, 0.1) is 11.5 Å². The molecule has 0 unspecified atom stereocenters. The third kappa shape index (κ3) is 2.97. The average Bonchev–Trinajstić information content (AvgIpc) is 2.87. The molecule has 4 heteroatoms. The van der Waals surface area contributed by atoms with Gasteiger partial charge in [-0.2, -0.15) is 10.4 Å². The monoisotopic (exact) mass is 260 g/mol. The van der Waals surface area contributed by atoms with Crippen LogP contribution in [0.1, 0.15) is 64.7 Å². The van der Waals surface area contributed by atoms with Gasteiger partial charge in [0, 0.05) is 12.5 Å². The third-order valence-corrected chi connectivity index (χ3v) is 4.51. The Hall–Kier alpha value is -1.37. The van der Waals surface area contributed by atoms with Gasteiger partial charge in [-0.3, -0.25) is 0 Å². The Kier molecular flexibility index (Phi) is 4.24. The van der Waals surface area contributed by atoms with Crippen molar-refractivity contribution in [2.45, 2.75) is 65.3 Å². The SMILES string of the molecule is CCC1CCC(C#N)(Cc2ncnn2C(C)C)CC1. The first-order chi connectivity index (χ1) is 9.10. The molecule has 0 atom stereocenters. The largest absolute Gasteiger partial charge is 0.248 e. The van der Waals surface area contributed by atoms with Gasteiger partial charge in [0.25, 0.3) is 0 Å². The Bertz CT molecular complexity index is 447. The summed E-state index contributed by atoms with van der Waals surface area (Å²) in [5, 5.41) is 13.9. The summed E-state index contributed by atoms with van der Waals surface area (Å²) >= 11 is 0. The standard InChI is InChI=1S/C15H24N4/c1-4-13-5-7-15(10-16,8-6-13)9-14-17-11-18-19(14)12(2)3/h11-13H,4-9H2,1-3H3. The number of rotatable bonds is 4. The zero-order valence-corrected chi connectivity index (χ0v) is 12.3. The number of hydrogen-bond donors (Lipinski definition) is 0. The van der Waals surface area contributed by atoms with Crippen molar-refractivity contribution in [3.63, 3.8) is 0 Å². The van der Waals surface area contributed by atoms with Crippen LogP contribution in [0.3, 0.4) is 0 Å². The lowest BCUT2D eigenvalue weighted by atomic mass is 9.69. The number of nitrogens with zero attached hydrogens (tertiary/aromatic N) is 4. The second-order valence-electron chi connectivity index (χ2n) is 6.14. The van der Waals surface area contributed by atoms with Crippen molar-refractivity contribution in [2.24, 2.45) is 11.3 Å². The highest BCUT2D eigenvalue weighted by Crippen LogP contribution is 2.41. The molecule has 1 saturated carbocycles. The molecule has 19 heavy (non-hydrogen) atoms. The van der Waals surface area contributed by atoms with Gasteiger partial charge in [-0.15, -0.1) is 0 Å². The van der Waals surface area contributed by atoms with Crippen LogP contribution >= 0.6 is 0 Å². The quantitative estimate of drug-likeness (QED) is 0.832. The van der Waals surface area contributed by atoms with Gasteiger partial charge in [0.1, 0.15) is 12.2 Å². The maximum Gasteiger partial charge on any atom is 0.138 e. The van der Waals surface area contributed by atoms with Crippen LogP contribution in [0.15, 0.2) is 6.33 Å². The highest BCUT2D eigenvalue weighted by molar-refractivity contribution is 5.07. The topological polar surface area (TPSA) is 54.5 Å². The predicted octanol–water partition coefficient (Wildman–Crippen LogP) is 3.51. The molecule has 0 N–H and O–H groups in total. The van der Waals surface area contributed by atoms with E-state index in [1.807, 2.05) is 4.68 Å². The van der Waals surface area contributed by atoms with Crippen LogP contribution in [-0.4, -0.2) is 14.8 Å². The highest BCUT2D eigenvalue weighted by atomic mass is 15.3. The smallest absolute Gasteiger partial charge is 0.138 e. The molecule has 1 aliphatic carbocycles. The lowest BCUT2D eigenvalue weighted by molar-refractivity contribution is 0.199. The van der Waals surface area contributed by atoms with Crippen LogP contribution in [0.2, 0.25) is 0 Å². The molecule has 104 valence electrons. The van der Waals surface area contributed by atoms with E-state index in [4.69, 9.17) is 0 Å². The molecule has 0 amide bonds. The maximum absolute atomic E-state index is 9.62. The highest BCUT2D eigenvalue weighted by Gasteiger charge is 2.36. The Morgan fingerprint density at radius 2 is 2.16 bits per heavy atom. The average molecular weight is 260 g/mol. The molecule has 1 fully saturated rings. The van der Waals surface area contributed by atoms with Crippen molar-refractivity contribution in [3.05, 3.63) is 12.2 Å².